The monoisotopic (exact) mass is 314 g/mol. The number of furan rings is 1. The minimum Gasteiger partial charge on any atom is -0.465 e. The fourth-order valence-electron chi connectivity index (χ4n) is 2.29. The zero-order chi connectivity index (χ0) is 16.2. The van der Waals surface area contributed by atoms with Crippen molar-refractivity contribution in [2.45, 2.75) is 26.3 Å². The quantitative estimate of drug-likeness (QED) is 0.756. The van der Waals surface area contributed by atoms with Gasteiger partial charge in [0.05, 0.1) is 18.3 Å². The first-order valence-electron chi connectivity index (χ1n) is 7.54. The fourth-order valence-corrected chi connectivity index (χ4v) is 2.29. The molecule has 0 aliphatic rings. The van der Waals surface area contributed by atoms with Gasteiger partial charge in [-0.2, -0.15) is 0 Å². The Kier molecular flexibility index (Phi) is 4.27. The first-order chi connectivity index (χ1) is 11.2. The number of carbonyl (C=O) groups excluding carboxylic acids is 1. The molecule has 3 rings (SSSR count). The molecule has 3 aromatic rings. The molecule has 3 aromatic heterocycles. The number of rotatable bonds is 6. The molecule has 7 nitrogen and oxygen atoms in total. The topological polar surface area (TPSA) is 81.7 Å². The normalized spacial score (nSPS) is 12.3. The van der Waals surface area contributed by atoms with Crippen LogP contribution in [-0.4, -0.2) is 26.9 Å². The average Bonchev–Trinajstić information content (AvgIpc) is 3.19. The molecule has 0 spiro atoms. The third kappa shape index (κ3) is 3.18. The molecule has 7 heteroatoms. The van der Waals surface area contributed by atoms with E-state index in [-0.39, 0.29) is 17.7 Å². The van der Waals surface area contributed by atoms with Gasteiger partial charge in [-0.3, -0.25) is 9.20 Å². The number of nitrogens with one attached hydrogen (secondary N) is 1. The van der Waals surface area contributed by atoms with E-state index in [4.69, 9.17) is 9.15 Å². The molecular weight excluding hydrogens is 296 g/mol. The van der Waals surface area contributed by atoms with Crippen LogP contribution in [0.3, 0.4) is 0 Å². The van der Waals surface area contributed by atoms with Crippen molar-refractivity contribution in [2.24, 2.45) is 0 Å². The molecule has 120 valence electrons. The van der Waals surface area contributed by atoms with Crippen molar-refractivity contribution >= 4 is 11.7 Å². The number of fused-ring (bicyclic) bond motifs is 1. The third-order valence-corrected chi connectivity index (χ3v) is 3.42. The molecule has 0 aliphatic heterocycles. The zero-order valence-corrected chi connectivity index (χ0v) is 13.0. The summed E-state index contributed by atoms with van der Waals surface area (Å²) in [5.74, 6) is 0.857. The first kappa shape index (κ1) is 15.1. The molecule has 0 saturated heterocycles. The van der Waals surface area contributed by atoms with Crippen molar-refractivity contribution in [1.82, 2.24) is 19.7 Å². The second-order valence-electron chi connectivity index (χ2n) is 4.98. The standard InChI is InChI=1S/C16H18N4O3/c1-3-11(12-10-20-9-5-8-17-16(20)19-12)18-15(21)13-6-7-14(23-13)22-4-2/h5-11H,3-4H2,1-2H3,(H,18,21). The van der Waals surface area contributed by atoms with E-state index < -0.39 is 0 Å². The number of aromatic nitrogens is 3. The lowest BCUT2D eigenvalue weighted by Gasteiger charge is -2.13. The Balaban J connectivity index is 1.76. The highest BCUT2D eigenvalue weighted by Gasteiger charge is 2.19. The first-order valence-corrected chi connectivity index (χ1v) is 7.54. The Morgan fingerprint density at radius 1 is 1.43 bits per heavy atom. The SMILES string of the molecule is CCOc1ccc(C(=O)NC(CC)c2cn3cccnc3n2)o1. The lowest BCUT2D eigenvalue weighted by molar-refractivity contribution is 0.0898. The lowest BCUT2D eigenvalue weighted by atomic mass is 10.1. The van der Waals surface area contributed by atoms with E-state index in [1.807, 2.05) is 36.7 Å². The average molecular weight is 314 g/mol. The van der Waals surface area contributed by atoms with Crippen molar-refractivity contribution in [3.05, 3.63) is 48.2 Å². The van der Waals surface area contributed by atoms with E-state index in [1.165, 1.54) is 0 Å². The smallest absolute Gasteiger partial charge is 0.287 e. The van der Waals surface area contributed by atoms with Crippen LogP contribution >= 0.6 is 0 Å². The van der Waals surface area contributed by atoms with Crippen LogP contribution in [0, 0.1) is 0 Å². The van der Waals surface area contributed by atoms with Crippen molar-refractivity contribution in [3.8, 4) is 5.95 Å². The molecule has 0 radical (unpaired) electrons. The molecule has 0 bridgehead atoms. The molecule has 1 unspecified atom stereocenters. The van der Waals surface area contributed by atoms with Gasteiger partial charge in [-0.15, -0.1) is 0 Å². The van der Waals surface area contributed by atoms with E-state index in [9.17, 15) is 4.79 Å². The summed E-state index contributed by atoms with van der Waals surface area (Å²) >= 11 is 0. The van der Waals surface area contributed by atoms with Crippen molar-refractivity contribution in [2.75, 3.05) is 6.61 Å². The predicted molar refractivity (Wildman–Crippen MR) is 83.4 cm³/mol. The lowest BCUT2D eigenvalue weighted by Crippen LogP contribution is -2.28. The van der Waals surface area contributed by atoms with E-state index in [0.717, 1.165) is 5.69 Å². The maximum atomic E-state index is 12.3. The van der Waals surface area contributed by atoms with Gasteiger partial charge in [0, 0.05) is 24.7 Å². The molecule has 1 atom stereocenters. The van der Waals surface area contributed by atoms with Crippen LogP contribution in [0.25, 0.3) is 5.78 Å². The Morgan fingerprint density at radius 2 is 2.30 bits per heavy atom. The Hall–Kier alpha value is -2.83. The fraction of sp³-hybridized carbons (Fsp3) is 0.312. The molecule has 23 heavy (non-hydrogen) atoms. The van der Waals surface area contributed by atoms with Gasteiger partial charge in [0.15, 0.2) is 5.76 Å². The number of nitrogens with zero attached hydrogens (tertiary/aromatic N) is 3. The summed E-state index contributed by atoms with van der Waals surface area (Å²) in [6.07, 6.45) is 6.12. The van der Waals surface area contributed by atoms with Crippen LogP contribution in [0.4, 0.5) is 0 Å². The third-order valence-electron chi connectivity index (χ3n) is 3.42. The molecule has 0 saturated carbocycles. The molecule has 3 heterocycles. The van der Waals surface area contributed by atoms with Crippen LogP contribution in [0.15, 0.2) is 41.2 Å². The highest BCUT2D eigenvalue weighted by molar-refractivity contribution is 5.91. The highest BCUT2D eigenvalue weighted by atomic mass is 16.6. The van der Waals surface area contributed by atoms with Crippen LogP contribution in [0.5, 0.6) is 5.95 Å². The van der Waals surface area contributed by atoms with Crippen molar-refractivity contribution in [1.29, 1.82) is 0 Å². The Labute approximate surface area is 133 Å². The largest absolute Gasteiger partial charge is 0.465 e. The Morgan fingerprint density at radius 3 is 3.04 bits per heavy atom. The van der Waals surface area contributed by atoms with Gasteiger partial charge in [0.1, 0.15) is 0 Å². The van der Waals surface area contributed by atoms with Crippen LogP contribution < -0.4 is 10.1 Å². The number of carbonyl (C=O) groups is 1. The molecule has 0 aliphatic carbocycles. The number of amides is 1. The molecule has 1 amide bonds. The van der Waals surface area contributed by atoms with Gasteiger partial charge in [-0.1, -0.05) is 6.92 Å². The van der Waals surface area contributed by atoms with E-state index >= 15 is 0 Å². The maximum Gasteiger partial charge on any atom is 0.287 e. The molecule has 0 aromatic carbocycles. The molecule has 1 N–H and O–H groups in total. The highest BCUT2D eigenvalue weighted by Crippen LogP contribution is 2.19. The summed E-state index contributed by atoms with van der Waals surface area (Å²) in [4.78, 5) is 20.9. The number of imidazole rings is 1. The van der Waals surface area contributed by atoms with E-state index in [0.29, 0.717) is 24.8 Å². The van der Waals surface area contributed by atoms with Gasteiger partial charge >= 0.3 is 0 Å². The van der Waals surface area contributed by atoms with Crippen LogP contribution in [-0.2, 0) is 0 Å². The van der Waals surface area contributed by atoms with Gasteiger partial charge in [-0.25, -0.2) is 9.97 Å². The minimum atomic E-state index is -0.298. The van der Waals surface area contributed by atoms with Gasteiger partial charge in [-0.05, 0) is 25.5 Å². The van der Waals surface area contributed by atoms with E-state index in [2.05, 4.69) is 15.3 Å². The number of hydrogen-bond acceptors (Lipinski definition) is 5. The second kappa shape index (κ2) is 6.51. The van der Waals surface area contributed by atoms with Crippen molar-refractivity contribution < 1.29 is 13.9 Å². The number of hydrogen-bond donors (Lipinski definition) is 1. The summed E-state index contributed by atoms with van der Waals surface area (Å²) in [6, 6.07) is 4.84. The summed E-state index contributed by atoms with van der Waals surface area (Å²) < 4.78 is 12.4. The maximum absolute atomic E-state index is 12.3. The van der Waals surface area contributed by atoms with Gasteiger partial charge < -0.3 is 14.5 Å². The number of ether oxygens (including phenoxy) is 1. The van der Waals surface area contributed by atoms with Gasteiger partial charge in [0.25, 0.3) is 11.9 Å². The molecule has 0 fully saturated rings. The Bertz CT molecular complexity index is 775. The zero-order valence-electron chi connectivity index (χ0n) is 13.0. The second-order valence-corrected chi connectivity index (χ2v) is 4.98. The van der Waals surface area contributed by atoms with Crippen LogP contribution in [0.1, 0.15) is 42.6 Å². The minimum absolute atomic E-state index is 0.216. The summed E-state index contributed by atoms with van der Waals surface area (Å²) in [6.45, 7) is 4.32. The predicted octanol–water partition coefficient (Wildman–Crippen LogP) is 2.60. The summed E-state index contributed by atoms with van der Waals surface area (Å²) in [5.41, 5.74) is 0.760. The summed E-state index contributed by atoms with van der Waals surface area (Å²) in [7, 11) is 0. The molecular formula is C16H18N4O3. The summed E-state index contributed by atoms with van der Waals surface area (Å²) in [5, 5.41) is 2.92. The van der Waals surface area contributed by atoms with Gasteiger partial charge in [0.2, 0.25) is 5.78 Å². The van der Waals surface area contributed by atoms with Crippen LogP contribution in [0.2, 0.25) is 0 Å². The van der Waals surface area contributed by atoms with E-state index in [1.54, 1.807) is 18.3 Å². The van der Waals surface area contributed by atoms with Crippen molar-refractivity contribution in [3.63, 3.8) is 0 Å².